The first-order chi connectivity index (χ1) is 11.3. The molecule has 0 bridgehead atoms. The van der Waals surface area contributed by atoms with E-state index in [-0.39, 0.29) is 5.91 Å². The average molecular weight is 345 g/mol. The molecule has 4 nitrogen and oxygen atoms in total. The molecule has 0 radical (unpaired) electrons. The van der Waals surface area contributed by atoms with Gasteiger partial charge in [0.1, 0.15) is 0 Å². The van der Waals surface area contributed by atoms with Gasteiger partial charge in [0.15, 0.2) is 0 Å². The maximum atomic E-state index is 10.8. The Hall–Kier alpha value is -1.06. The number of carbonyl (C=O) groups excluding carboxylic acids is 2. The number of hydrogen-bond acceptors (Lipinski definition) is 2. The van der Waals surface area contributed by atoms with E-state index in [2.05, 4.69) is 45.3 Å². The van der Waals surface area contributed by atoms with Crippen molar-refractivity contribution in [3.8, 4) is 0 Å². The summed E-state index contributed by atoms with van der Waals surface area (Å²) in [7, 11) is 0. The minimum atomic E-state index is 0.118. The van der Waals surface area contributed by atoms with Crippen LogP contribution in [0.2, 0.25) is 0 Å². The van der Waals surface area contributed by atoms with Gasteiger partial charge in [-0.25, -0.2) is 0 Å². The van der Waals surface area contributed by atoms with Crippen LogP contribution in [0.5, 0.6) is 0 Å². The highest BCUT2D eigenvalue weighted by atomic mass is 16.1. The van der Waals surface area contributed by atoms with E-state index in [1.54, 1.807) is 0 Å². The quantitative estimate of drug-likeness (QED) is 0.413. The first kappa shape index (κ1) is 27.8. The molecule has 0 spiro atoms. The normalized spacial score (nSPS) is 10.0. The number of nitrogens with one attached hydrogen (secondary N) is 2. The summed E-state index contributed by atoms with van der Waals surface area (Å²) in [6, 6.07) is 0. The third kappa shape index (κ3) is 20.9. The summed E-state index contributed by atoms with van der Waals surface area (Å²) in [5, 5.41) is 5.44. The predicted molar refractivity (Wildman–Crippen MR) is 106 cm³/mol. The molecule has 0 aromatic rings. The third-order valence-corrected chi connectivity index (χ3v) is 4.45. The molecule has 0 aliphatic rings. The number of carbonyl (C=O) groups is 2. The van der Waals surface area contributed by atoms with Crippen LogP contribution in [0.25, 0.3) is 0 Å². The lowest BCUT2D eigenvalue weighted by Gasteiger charge is -2.27. The zero-order valence-corrected chi connectivity index (χ0v) is 17.6. The standard InChI is InChI=1S/C10H20N2O2.C8H18.C2H6/c1-2-10(14)12-8-6-4-3-5-7-11-9-13;1-6-8(4,5)7(2)3;1-2/h9H,2-8H2,1H3,(H,11,13)(H,12,14);7H,6H2,1-5H3;1-2H3. The van der Waals surface area contributed by atoms with Crippen LogP contribution in [0, 0.1) is 11.3 Å². The second kappa shape index (κ2) is 20.0. The molecule has 2 amide bonds. The summed E-state index contributed by atoms with van der Waals surface area (Å²) in [4.78, 5) is 20.7. The fourth-order valence-corrected chi connectivity index (χ4v) is 1.53. The molecule has 0 atom stereocenters. The second-order valence-electron chi connectivity index (χ2n) is 6.69. The van der Waals surface area contributed by atoms with Crippen molar-refractivity contribution in [1.29, 1.82) is 0 Å². The van der Waals surface area contributed by atoms with Gasteiger partial charge in [-0.3, -0.25) is 9.59 Å². The molecule has 2 N–H and O–H groups in total. The first-order valence-corrected chi connectivity index (χ1v) is 9.75. The Bertz CT molecular complexity index is 277. The van der Waals surface area contributed by atoms with E-state index < -0.39 is 0 Å². The molecule has 0 saturated heterocycles. The second-order valence-corrected chi connectivity index (χ2v) is 6.69. The van der Waals surface area contributed by atoms with Gasteiger partial charge in [-0.1, -0.05) is 74.7 Å². The van der Waals surface area contributed by atoms with Crippen molar-refractivity contribution in [2.24, 2.45) is 11.3 Å². The summed E-state index contributed by atoms with van der Waals surface area (Å²) in [6.07, 6.45) is 6.80. The smallest absolute Gasteiger partial charge is 0.219 e. The first-order valence-electron chi connectivity index (χ1n) is 9.75. The molecule has 0 aliphatic carbocycles. The molecule has 4 heteroatoms. The number of rotatable bonds is 11. The van der Waals surface area contributed by atoms with Crippen LogP contribution >= 0.6 is 0 Å². The lowest BCUT2D eigenvalue weighted by Crippen LogP contribution is -2.23. The highest BCUT2D eigenvalue weighted by molar-refractivity contribution is 5.75. The van der Waals surface area contributed by atoms with Gasteiger partial charge in [0.05, 0.1) is 0 Å². The lowest BCUT2D eigenvalue weighted by atomic mass is 9.79. The highest BCUT2D eigenvalue weighted by Gasteiger charge is 2.18. The van der Waals surface area contributed by atoms with Crippen molar-refractivity contribution >= 4 is 12.3 Å². The van der Waals surface area contributed by atoms with E-state index >= 15 is 0 Å². The Kier molecular flexibility index (Phi) is 23.1. The molecular weight excluding hydrogens is 300 g/mol. The summed E-state index contributed by atoms with van der Waals surface area (Å²) in [6.45, 7) is 18.8. The Labute approximate surface area is 151 Å². The maximum absolute atomic E-state index is 10.8. The molecule has 0 aromatic heterocycles. The molecule has 0 unspecified atom stereocenters. The van der Waals surface area contributed by atoms with E-state index in [0.717, 1.165) is 51.1 Å². The van der Waals surface area contributed by atoms with Crippen LogP contribution in [-0.2, 0) is 9.59 Å². The van der Waals surface area contributed by atoms with Crippen LogP contribution in [-0.4, -0.2) is 25.4 Å². The van der Waals surface area contributed by atoms with Crippen LogP contribution in [0.1, 0.15) is 93.9 Å². The molecule has 0 aromatic carbocycles. The van der Waals surface area contributed by atoms with E-state index in [4.69, 9.17) is 0 Å². The molecule has 146 valence electrons. The molecule has 0 rings (SSSR count). The lowest BCUT2D eigenvalue weighted by molar-refractivity contribution is -0.120. The molecule has 0 aliphatic heterocycles. The summed E-state index contributed by atoms with van der Waals surface area (Å²) in [5.41, 5.74) is 0.542. The molecular formula is C20H44N2O2. The monoisotopic (exact) mass is 344 g/mol. The fourth-order valence-electron chi connectivity index (χ4n) is 1.53. The Morgan fingerprint density at radius 1 is 1.00 bits per heavy atom. The van der Waals surface area contributed by atoms with Crippen LogP contribution in [0.15, 0.2) is 0 Å². The minimum Gasteiger partial charge on any atom is -0.359 e. The van der Waals surface area contributed by atoms with Gasteiger partial charge < -0.3 is 10.6 Å². The van der Waals surface area contributed by atoms with E-state index in [9.17, 15) is 9.59 Å². The van der Waals surface area contributed by atoms with Gasteiger partial charge in [-0.2, -0.15) is 0 Å². The van der Waals surface area contributed by atoms with Gasteiger partial charge in [-0.15, -0.1) is 0 Å². The maximum Gasteiger partial charge on any atom is 0.219 e. The van der Waals surface area contributed by atoms with E-state index in [1.165, 1.54) is 6.42 Å². The van der Waals surface area contributed by atoms with E-state index in [0.29, 0.717) is 11.8 Å². The zero-order chi connectivity index (χ0) is 19.4. The highest BCUT2D eigenvalue weighted by Crippen LogP contribution is 2.28. The van der Waals surface area contributed by atoms with Crippen molar-refractivity contribution in [2.45, 2.75) is 93.9 Å². The van der Waals surface area contributed by atoms with Crippen molar-refractivity contribution in [2.75, 3.05) is 13.1 Å². The van der Waals surface area contributed by atoms with Crippen molar-refractivity contribution in [3.05, 3.63) is 0 Å². The number of unbranched alkanes of at least 4 members (excludes halogenated alkanes) is 3. The zero-order valence-electron chi connectivity index (χ0n) is 17.6. The topological polar surface area (TPSA) is 58.2 Å². The minimum absolute atomic E-state index is 0.118. The number of amides is 2. The van der Waals surface area contributed by atoms with Gasteiger partial charge in [0.2, 0.25) is 12.3 Å². The van der Waals surface area contributed by atoms with Crippen molar-refractivity contribution < 1.29 is 9.59 Å². The van der Waals surface area contributed by atoms with E-state index in [1.807, 2.05) is 20.8 Å². The molecule has 0 saturated carbocycles. The summed E-state index contributed by atoms with van der Waals surface area (Å²) < 4.78 is 0. The molecule has 0 heterocycles. The number of hydrogen-bond donors (Lipinski definition) is 2. The largest absolute Gasteiger partial charge is 0.359 e. The van der Waals surface area contributed by atoms with Gasteiger partial charge >= 0.3 is 0 Å². The third-order valence-electron chi connectivity index (χ3n) is 4.45. The van der Waals surface area contributed by atoms with Crippen LogP contribution in [0.4, 0.5) is 0 Å². The Morgan fingerprint density at radius 3 is 1.83 bits per heavy atom. The fraction of sp³-hybridized carbons (Fsp3) is 0.900. The SMILES string of the molecule is CC.CCC(=O)NCCCCCCNC=O.CCC(C)(C)C(C)C. The average Bonchev–Trinajstić information content (AvgIpc) is 2.59. The van der Waals surface area contributed by atoms with Gasteiger partial charge in [0.25, 0.3) is 0 Å². The summed E-state index contributed by atoms with van der Waals surface area (Å²) in [5.74, 6) is 0.931. The Balaban J connectivity index is -0.000000374. The van der Waals surface area contributed by atoms with Crippen LogP contribution in [0.3, 0.4) is 0 Å². The predicted octanol–water partition coefficient (Wildman–Crippen LogP) is 4.92. The molecule has 0 fully saturated rings. The van der Waals surface area contributed by atoms with Gasteiger partial charge in [0, 0.05) is 19.5 Å². The van der Waals surface area contributed by atoms with Gasteiger partial charge in [-0.05, 0) is 24.2 Å². The van der Waals surface area contributed by atoms with Crippen molar-refractivity contribution in [1.82, 2.24) is 10.6 Å². The van der Waals surface area contributed by atoms with Crippen LogP contribution < -0.4 is 10.6 Å². The van der Waals surface area contributed by atoms with Crippen molar-refractivity contribution in [3.63, 3.8) is 0 Å². The molecule has 24 heavy (non-hydrogen) atoms. The Morgan fingerprint density at radius 2 is 1.50 bits per heavy atom. The summed E-state index contributed by atoms with van der Waals surface area (Å²) >= 11 is 0.